The van der Waals surface area contributed by atoms with Crippen molar-refractivity contribution >= 4 is 0 Å². The lowest BCUT2D eigenvalue weighted by Crippen LogP contribution is -2.64. The second-order valence-electron chi connectivity index (χ2n) is 8.92. The van der Waals surface area contributed by atoms with Crippen molar-refractivity contribution < 1.29 is 4.74 Å². The smallest absolute Gasteiger partial charge is 0.118 e. The average Bonchev–Trinajstić information content (AvgIpc) is 2.86. The van der Waals surface area contributed by atoms with Gasteiger partial charge in [0.25, 0.3) is 0 Å². The zero-order valence-electron chi connectivity index (χ0n) is 18.3. The Kier molecular flexibility index (Phi) is 6.06. The number of nitrogens with zero attached hydrogens (tertiary/aromatic N) is 1. The number of nitrogens with one attached hydrogen (secondary N) is 1. The van der Waals surface area contributed by atoms with Crippen LogP contribution >= 0.6 is 0 Å². The van der Waals surface area contributed by atoms with Crippen LogP contribution in [0.5, 0.6) is 5.75 Å². The molecule has 0 aliphatic carbocycles. The highest BCUT2D eigenvalue weighted by atomic mass is 16.5. The Hall–Kier alpha value is -2.62. The SMILES string of the molecule is COc1ccc(CN[C@@H]2C3CCN(CC3)[C@H]2C(c2ccccc2)c2ccccc2)cc1. The van der Waals surface area contributed by atoms with Crippen LogP contribution in [0.15, 0.2) is 84.9 Å². The van der Waals surface area contributed by atoms with Gasteiger partial charge in [-0.3, -0.25) is 4.90 Å². The molecular weight excluding hydrogens is 380 g/mol. The maximum atomic E-state index is 5.32. The lowest BCUT2D eigenvalue weighted by Gasteiger charge is -2.54. The summed E-state index contributed by atoms with van der Waals surface area (Å²) >= 11 is 0. The van der Waals surface area contributed by atoms with Crippen molar-refractivity contribution in [3.05, 3.63) is 102 Å². The molecule has 3 heteroatoms. The molecule has 2 atom stereocenters. The van der Waals surface area contributed by atoms with Crippen molar-refractivity contribution in [3.8, 4) is 5.75 Å². The molecule has 3 aromatic carbocycles. The van der Waals surface area contributed by atoms with Crippen LogP contribution in [-0.2, 0) is 6.54 Å². The van der Waals surface area contributed by atoms with Crippen molar-refractivity contribution in [1.29, 1.82) is 0 Å². The summed E-state index contributed by atoms with van der Waals surface area (Å²) < 4.78 is 5.32. The van der Waals surface area contributed by atoms with Crippen LogP contribution in [0.4, 0.5) is 0 Å². The minimum absolute atomic E-state index is 0.374. The van der Waals surface area contributed by atoms with E-state index in [4.69, 9.17) is 4.74 Å². The van der Waals surface area contributed by atoms with E-state index in [9.17, 15) is 0 Å². The van der Waals surface area contributed by atoms with E-state index in [1.807, 2.05) is 0 Å². The Balaban J connectivity index is 1.46. The summed E-state index contributed by atoms with van der Waals surface area (Å²) in [5.41, 5.74) is 4.15. The van der Waals surface area contributed by atoms with Crippen LogP contribution in [0.2, 0.25) is 0 Å². The normalized spacial score (nSPS) is 25.0. The van der Waals surface area contributed by atoms with Gasteiger partial charge >= 0.3 is 0 Å². The van der Waals surface area contributed by atoms with Gasteiger partial charge < -0.3 is 10.1 Å². The molecular formula is C28H32N2O. The Labute approximate surface area is 186 Å². The van der Waals surface area contributed by atoms with E-state index >= 15 is 0 Å². The third kappa shape index (κ3) is 4.26. The summed E-state index contributed by atoms with van der Waals surface area (Å²) in [6.07, 6.45) is 2.60. The van der Waals surface area contributed by atoms with E-state index in [0.29, 0.717) is 18.0 Å². The first-order valence-corrected chi connectivity index (χ1v) is 11.5. The molecule has 3 saturated heterocycles. The molecule has 1 N–H and O–H groups in total. The molecule has 31 heavy (non-hydrogen) atoms. The molecule has 3 aliphatic heterocycles. The van der Waals surface area contributed by atoms with Crippen LogP contribution in [0.1, 0.15) is 35.4 Å². The first-order valence-electron chi connectivity index (χ1n) is 11.5. The van der Waals surface area contributed by atoms with E-state index in [0.717, 1.165) is 18.2 Å². The largest absolute Gasteiger partial charge is 0.497 e. The van der Waals surface area contributed by atoms with E-state index in [-0.39, 0.29) is 0 Å². The maximum absolute atomic E-state index is 5.32. The second-order valence-corrected chi connectivity index (χ2v) is 8.92. The van der Waals surface area contributed by atoms with E-state index in [2.05, 4.69) is 95.1 Å². The van der Waals surface area contributed by atoms with Gasteiger partial charge in [-0.25, -0.2) is 0 Å². The second kappa shape index (κ2) is 9.25. The quantitative estimate of drug-likeness (QED) is 0.586. The Bertz CT molecular complexity index is 910. The third-order valence-corrected chi connectivity index (χ3v) is 7.23. The lowest BCUT2D eigenvalue weighted by atomic mass is 9.70. The standard InChI is InChI=1S/C28H32N2O/c1-31-25-14-12-21(13-15-25)20-29-27-24-16-18-30(19-17-24)28(27)26(22-8-4-2-5-9-22)23-10-6-3-7-11-23/h2-15,24,26-29H,16-20H2,1H3/t27-,28+/m1/s1. The van der Waals surface area contributed by atoms with E-state index in [1.54, 1.807) is 7.11 Å². The van der Waals surface area contributed by atoms with Crippen molar-refractivity contribution in [2.24, 2.45) is 5.92 Å². The van der Waals surface area contributed by atoms with Crippen molar-refractivity contribution in [2.75, 3.05) is 20.2 Å². The van der Waals surface area contributed by atoms with Crippen LogP contribution < -0.4 is 10.1 Å². The van der Waals surface area contributed by atoms with Gasteiger partial charge in [-0.2, -0.15) is 0 Å². The zero-order chi connectivity index (χ0) is 21.0. The van der Waals surface area contributed by atoms with Crippen molar-refractivity contribution in [2.45, 2.75) is 37.4 Å². The Morgan fingerprint density at radius 2 is 1.42 bits per heavy atom. The Morgan fingerprint density at radius 1 is 0.839 bits per heavy atom. The summed E-state index contributed by atoms with van der Waals surface area (Å²) in [4.78, 5) is 2.75. The average molecular weight is 413 g/mol. The molecule has 3 heterocycles. The topological polar surface area (TPSA) is 24.5 Å². The van der Waals surface area contributed by atoms with Gasteiger partial charge in [0.05, 0.1) is 7.11 Å². The first kappa shape index (κ1) is 20.3. The molecule has 0 amide bonds. The predicted molar refractivity (Wildman–Crippen MR) is 126 cm³/mol. The fourth-order valence-corrected chi connectivity index (χ4v) is 5.67. The number of piperidine rings is 3. The summed E-state index contributed by atoms with van der Waals surface area (Å²) in [6, 6.07) is 31.6. The number of methoxy groups -OCH3 is 1. The molecule has 3 aromatic rings. The van der Waals surface area contributed by atoms with Gasteiger partial charge in [-0.1, -0.05) is 72.8 Å². The van der Waals surface area contributed by atoms with Crippen LogP contribution in [0, 0.1) is 5.92 Å². The molecule has 160 valence electrons. The molecule has 6 rings (SSSR count). The first-order chi connectivity index (χ1) is 15.3. The highest BCUT2D eigenvalue weighted by molar-refractivity contribution is 5.36. The number of fused-ring (bicyclic) bond motifs is 3. The number of benzene rings is 3. The molecule has 3 aliphatic rings. The van der Waals surface area contributed by atoms with Gasteiger partial charge in [0, 0.05) is 24.5 Å². The van der Waals surface area contributed by atoms with Crippen LogP contribution in [-0.4, -0.2) is 37.2 Å². The summed E-state index contributed by atoms with van der Waals surface area (Å²) in [7, 11) is 1.72. The third-order valence-electron chi connectivity index (χ3n) is 7.23. The molecule has 3 nitrogen and oxygen atoms in total. The predicted octanol–water partition coefficient (Wildman–Crippen LogP) is 5.08. The molecule has 2 bridgehead atoms. The summed E-state index contributed by atoms with van der Waals surface area (Å²) in [5, 5.41) is 3.99. The van der Waals surface area contributed by atoms with Crippen molar-refractivity contribution in [1.82, 2.24) is 10.2 Å². The monoisotopic (exact) mass is 412 g/mol. The number of ether oxygens (including phenoxy) is 1. The lowest BCUT2D eigenvalue weighted by molar-refractivity contribution is 0.00468. The Morgan fingerprint density at radius 3 is 1.97 bits per heavy atom. The molecule has 0 aromatic heterocycles. The molecule has 0 radical (unpaired) electrons. The van der Waals surface area contributed by atoms with E-state index < -0.39 is 0 Å². The van der Waals surface area contributed by atoms with Gasteiger partial charge in [-0.05, 0) is 60.7 Å². The van der Waals surface area contributed by atoms with Crippen LogP contribution in [0.25, 0.3) is 0 Å². The number of rotatable bonds is 7. The summed E-state index contributed by atoms with van der Waals surface area (Å²) in [6.45, 7) is 3.32. The van der Waals surface area contributed by atoms with Gasteiger partial charge in [0.2, 0.25) is 0 Å². The molecule has 0 unspecified atom stereocenters. The van der Waals surface area contributed by atoms with Crippen LogP contribution in [0.3, 0.4) is 0 Å². The van der Waals surface area contributed by atoms with Gasteiger partial charge in [0.1, 0.15) is 5.75 Å². The fraction of sp³-hybridized carbons (Fsp3) is 0.357. The minimum Gasteiger partial charge on any atom is -0.497 e. The molecule has 0 spiro atoms. The van der Waals surface area contributed by atoms with Crippen molar-refractivity contribution in [3.63, 3.8) is 0 Å². The van der Waals surface area contributed by atoms with Gasteiger partial charge in [-0.15, -0.1) is 0 Å². The number of hydrogen-bond donors (Lipinski definition) is 1. The zero-order valence-corrected chi connectivity index (χ0v) is 18.3. The fourth-order valence-electron chi connectivity index (χ4n) is 5.67. The minimum atomic E-state index is 0.374. The maximum Gasteiger partial charge on any atom is 0.118 e. The highest BCUT2D eigenvalue weighted by Crippen LogP contribution is 2.42. The van der Waals surface area contributed by atoms with E-state index in [1.165, 1.54) is 42.6 Å². The van der Waals surface area contributed by atoms with Gasteiger partial charge in [0.15, 0.2) is 0 Å². The highest BCUT2D eigenvalue weighted by Gasteiger charge is 2.46. The molecule has 0 saturated carbocycles. The summed E-state index contributed by atoms with van der Waals surface area (Å²) in [5.74, 6) is 2.03. The molecule has 3 fully saturated rings. The number of hydrogen-bond acceptors (Lipinski definition) is 3.